The van der Waals surface area contributed by atoms with Gasteiger partial charge in [-0.3, -0.25) is 0 Å². The van der Waals surface area contributed by atoms with Crippen LogP contribution in [0.15, 0.2) is 103 Å². The molecule has 0 aromatic heterocycles. The van der Waals surface area contributed by atoms with E-state index in [0.717, 1.165) is 34.1 Å². The maximum atomic E-state index is 7.35. The Morgan fingerprint density at radius 3 is 1.78 bits per heavy atom. The third-order valence-electron chi connectivity index (χ3n) is 4.66. The Bertz CT molecular complexity index is 971. The normalized spacial score (nSPS) is 13.4. The van der Waals surface area contributed by atoms with Crippen molar-refractivity contribution in [2.24, 2.45) is 0 Å². The molecule has 1 N–H and O–H groups in total. The highest BCUT2D eigenvalue weighted by Crippen LogP contribution is 2.52. The molecule has 3 heteroatoms. The number of nitrogens with zero attached hydrogens (tertiary/aromatic N) is 2. The number of hydrogen-bond donors (Lipinski definition) is 1. The molecular formula is C24H21N3. The molecule has 1 aliphatic rings. The third-order valence-corrected chi connectivity index (χ3v) is 4.66. The molecule has 0 fully saturated rings. The maximum absolute atomic E-state index is 7.35. The molecule has 0 atom stereocenters. The summed E-state index contributed by atoms with van der Waals surface area (Å²) in [5.74, 6) is 0. The largest absolute Gasteiger partial charge is 0.309 e. The molecule has 0 aliphatic carbocycles. The van der Waals surface area contributed by atoms with Crippen LogP contribution in [0.25, 0.3) is 0 Å². The van der Waals surface area contributed by atoms with E-state index < -0.39 is 0 Å². The summed E-state index contributed by atoms with van der Waals surface area (Å²) in [5, 5.41) is 7.35. The SMILES string of the molecule is C/C=C(\C=C/C=N)N1c2ccccc2N(c2ccccc2)c2ccccc21. The number of benzene rings is 3. The van der Waals surface area contributed by atoms with Crippen molar-refractivity contribution in [1.29, 1.82) is 5.41 Å². The first-order valence-electron chi connectivity index (χ1n) is 9.02. The van der Waals surface area contributed by atoms with Crippen molar-refractivity contribution in [3.05, 3.63) is 103 Å². The molecular weight excluding hydrogens is 330 g/mol. The third kappa shape index (κ3) is 2.93. The molecule has 0 bridgehead atoms. The molecule has 3 nitrogen and oxygen atoms in total. The molecule has 27 heavy (non-hydrogen) atoms. The van der Waals surface area contributed by atoms with Crippen molar-refractivity contribution >= 4 is 34.7 Å². The monoisotopic (exact) mass is 351 g/mol. The van der Waals surface area contributed by atoms with E-state index in [9.17, 15) is 0 Å². The average Bonchev–Trinajstić information content (AvgIpc) is 2.74. The lowest BCUT2D eigenvalue weighted by molar-refractivity contribution is 1.13. The molecule has 1 aliphatic heterocycles. The standard InChI is InChI=1S/C24H21N3/c1-2-19(13-10-18-25)26-21-14-6-8-16-23(21)27(20-11-4-3-5-12-20)24-17-9-7-15-22(24)26/h2-18,25H,1H3/b13-10-,19-2+,25-18?. The van der Waals surface area contributed by atoms with Gasteiger partial charge in [-0.1, -0.05) is 48.5 Å². The van der Waals surface area contributed by atoms with E-state index in [-0.39, 0.29) is 0 Å². The predicted molar refractivity (Wildman–Crippen MR) is 115 cm³/mol. The summed E-state index contributed by atoms with van der Waals surface area (Å²) in [6, 6.07) is 27.3. The first-order chi connectivity index (χ1) is 13.3. The highest BCUT2D eigenvalue weighted by Gasteiger charge is 2.29. The van der Waals surface area contributed by atoms with Gasteiger partial charge in [0.2, 0.25) is 0 Å². The predicted octanol–water partition coefficient (Wildman–Crippen LogP) is 6.72. The first kappa shape index (κ1) is 16.9. The minimum absolute atomic E-state index is 1.03. The van der Waals surface area contributed by atoms with Crippen LogP contribution in [0, 0.1) is 5.41 Å². The van der Waals surface area contributed by atoms with E-state index in [1.807, 2.05) is 19.1 Å². The second-order valence-corrected chi connectivity index (χ2v) is 6.22. The van der Waals surface area contributed by atoms with Crippen LogP contribution in [0.1, 0.15) is 6.92 Å². The maximum Gasteiger partial charge on any atom is 0.0703 e. The van der Waals surface area contributed by atoms with E-state index in [2.05, 4.69) is 88.7 Å². The van der Waals surface area contributed by atoms with Gasteiger partial charge in [-0.05, 0) is 55.5 Å². The lowest BCUT2D eigenvalue weighted by Crippen LogP contribution is -2.26. The van der Waals surface area contributed by atoms with Gasteiger partial charge in [0.1, 0.15) is 0 Å². The van der Waals surface area contributed by atoms with Crippen LogP contribution >= 0.6 is 0 Å². The summed E-state index contributed by atoms with van der Waals surface area (Å²) < 4.78 is 0. The lowest BCUT2D eigenvalue weighted by atomic mass is 10.0. The topological polar surface area (TPSA) is 30.3 Å². The number of fused-ring (bicyclic) bond motifs is 2. The Kier molecular flexibility index (Phi) is 4.58. The van der Waals surface area contributed by atoms with Crippen LogP contribution in [-0.4, -0.2) is 6.21 Å². The van der Waals surface area contributed by atoms with Crippen LogP contribution in [0.5, 0.6) is 0 Å². The van der Waals surface area contributed by atoms with Crippen LogP contribution in [-0.2, 0) is 0 Å². The van der Waals surface area contributed by atoms with Gasteiger partial charge in [0, 0.05) is 17.6 Å². The zero-order valence-corrected chi connectivity index (χ0v) is 15.2. The number of nitrogens with one attached hydrogen (secondary N) is 1. The highest BCUT2D eigenvalue weighted by molar-refractivity contribution is 5.99. The van der Waals surface area contributed by atoms with E-state index >= 15 is 0 Å². The second-order valence-electron chi connectivity index (χ2n) is 6.22. The molecule has 1 heterocycles. The van der Waals surface area contributed by atoms with Crippen molar-refractivity contribution in [3.63, 3.8) is 0 Å². The Hall–Kier alpha value is -3.59. The minimum atomic E-state index is 1.03. The minimum Gasteiger partial charge on any atom is -0.309 e. The summed E-state index contributed by atoms with van der Waals surface area (Å²) in [7, 11) is 0. The van der Waals surface area contributed by atoms with Gasteiger partial charge in [0.05, 0.1) is 22.7 Å². The summed E-state index contributed by atoms with van der Waals surface area (Å²) >= 11 is 0. The molecule has 0 unspecified atom stereocenters. The Morgan fingerprint density at radius 2 is 1.26 bits per heavy atom. The van der Waals surface area contributed by atoms with E-state index in [0.29, 0.717) is 0 Å². The fourth-order valence-electron chi connectivity index (χ4n) is 3.52. The van der Waals surface area contributed by atoms with Crippen LogP contribution < -0.4 is 9.80 Å². The number of allylic oxidation sites excluding steroid dienone is 3. The molecule has 0 saturated carbocycles. The van der Waals surface area contributed by atoms with Gasteiger partial charge in [-0.25, -0.2) is 0 Å². The molecule has 132 valence electrons. The Balaban J connectivity index is 1.98. The average molecular weight is 351 g/mol. The number of para-hydroxylation sites is 5. The fourth-order valence-corrected chi connectivity index (χ4v) is 3.52. The summed E-state index contributed by atoms with van der Waals surface area (Å²) in [4.78, 5) is 4.55. The molecule has 0 spiro atoms. The van der Waals surface area contributed by atoms with Crippen molar-refractivity contribution in [3.8, 4) is 0 Å². The Morgan fingerprint density at radius 1 is 0.741 bits per heavy atom. The fraction of sp³-hybridized carbons (Fsp3) is 0.0417. The van der Waals surface area contributed by atoms with Crippen molar-refractivity contribution < 1.29 is 0 Å². The van der Waals surface area contributed by atoms with Crippen LogP contribution in [0.3, 0.4) is 0 Å². The van der Waals surface area contributed by atoms with Gasteiger partial charge in [-0.15, -0.1) is 0 Å². The second kappa shape index (κ2) is 7.34. The van der Waals surface area contributed by atoms with Gasteiger partial charge in [0.25, 0.3) is 0 Å². The lowest BCUT2D eigenvalue weighted by Gasteiger charge is -2.40. The molecule has 0 radical (unpaired) electrons. The molecule has 3 aromatic carbocycles. The molecule has 3 aromatic rings. The number of rotatable bonds is 4. The van der Waals surface area contributed by atoms with Crippen LogP contribution in [0.2, 0.25) is 0 Å². The van der Waals surface area contributed by atoms with Crippen molar-refractivity contribution in [1.82, 2.24) is 0 Å². The molecule has 4 rings (SSSR count). The van der Waals surface area contributed by atoms with Crippen molar-refractivity contribution in [2.45, 2.75) is 6.92 Å². The molecule has 0 saturated heterocycles. The van der Waals surface area contributed by atoms with E-state index in [4.69, 9.17) is 5.41 Å². The number of hydrogen-bond acceptors (Lipinski definition) is 3. The van der Waals surface area contributed by atoms with Gasteiger partial charge < -0.3 is 15.2 Å². The number of anilines is 5. The van der Waals surface area contributed by atoms with Gasteiger partial charge in [0.15, 0.2) is 0 Å². The summed E-state index contributed by atoms with van der Waals surface area (Å²) in [5.41, 5.74) is 6.65. The summed E-state index contributed by atoms with van der Waals surface area (Å²) in [6.45, 7) is 2.03. The van der Waals surface area contributed by atoms with Gasteiger partial charge in [-0.2, -0.15) is 0 Å². The summed E-state index contributed by atoms with van der Waals surface area (Å²) in [6.07, 6.45) is 7.11. The van der Waals surface area contributed by atoms with E-state index in [1.165, 1.54) is 6.21 Å². The van der Waals surface area contributed by atoms with Gasteiger partial charge >= 0.3 is 0 Å². The first-order valence-corrected chi connectivity index (χ1v) is 9.02. The van der Waals surface area contributed by atoms with Crippen molar-refractivity contribution in [2.75, 3.05) is 9.80 Å². The Labute approximate surface area is 160 Å². The zero-order valence-electron chi connectivity index (χ0n) is 15.2. The van der Waals surface area contributed by atoms with Crippen LogP contribution in [0.4, 0.5) is 28.4 Å². The highest BCUT2D eigenvalue weighted by atomic mass is 15.3. The quantitative estimate of drug-likeness (QED) is 0.418. The smallest absolute Gasteiger partial charge is 0.0703 e. The van der Waals surface area contributed by atoms with E-state index in [1.54, 1.807) is 6.08 Å². The zero-order chi connectivity index (χ0) is 18.6. The molecule has 0 amide bonds.